The fourth-order valence-corrected chi connectivity index (χ4v) is 1.46. The summed E-state index contributed by atoms with van der Waals surface area (Å²) in [5.41, 5.74) is 0. The summed E-state index contributed by atoms with van der Waals surface area (Å²) >= 11 is 0. The van der Waals surface area contributed by atoms with Gasteiger partial charge in [0.2, 0.25) is 0 Å². The number of nitrogens with one attached hydrogen (secondary N) is 2. The molecule has 0 radical (unpaired) electrons. The standard InChI is InChI=1S/C8H18N2/c1-6(2)10-8-4-7(5-8)9-3/h6-10H,4-5H2,1-3H3/t7-,8+. The third-order valence-corrected chi connectivity index (χ3v) is 2.12. The molecule has 0 aliphatic heterocycles. The van der Waals surface area contributed by atoms with Crippen LogP contribution in [0.5, 0.6) is 0 Å². The van der Waals surface area contributed by atoms with Crippen molar-refractivity contribution >= 4 is 0 Å². The molecule has 1 saturated carbocycles. The van der Waals surface area contributed by atoms with Gasteiger partial charge in [-0.25, -0.2) is 0 Å². The normalized spacial score (nSPS) is 32.4. The van der Waals surface area contributed by atoms with Crippen molar-refractivity contribution in [2.24, 2.45) is 0 Å². The van der Waals surface area contributed by atoms with Crippen molar-refractivity contribution < 1.29 is 0 Å². The third-order valence-electron chi connectivity index (χ3n) is 2.12. The largest absolute Gasteiger partial charge is 0.317 e. The van der Waals surface area contributed by atoms with E-state index in [1.807, 2.05) is 7.05 Å². The highest BCUT2D eigenvalue weighted by atomic mass is 15.0. The summed E-state index contributed by atoms with van der Waals surface area (Å²) in [6, 6.07) is 2.19. The maximum atomic E-state index is 3.50. The summed E-state index contributed by atoms with van der Waals surface area (Å²) < 4.78 is 0. The van der Waals surface area contributed by atoms with Crippen LogP contribution in [0, 0.1) is 0 Å². The molecule has 0 aromatic heterocycles. The van der Waals surface area contributed by atoms with E-state index in [2.05, 4.69) is 24.5 Å². The molecule has 2 N–H and O–H groups in total. The average Bonchev–Trinajstić information content (AvgIpc) is 1.76. The van der Waals surface area contributed by atoms with Gasteiger partial charge in [-0.15, -0.1) is 0 Å². The van der Waals surface area contributed by atoms with Crippen LogP contribution < -0.4 is 10.6 Å². The Balaban J connectivity index is 2.03. The summed E-state index contributed by atoms with van der Waals surface area (Å²) in [6.07, 6.45) is 2.60. The molecule has 1 aliphatic rings. The third kappa shape index (κ3) is 1.96. The van der Waals surface area contributed by atoms with Gasteiger partial charge >= 0.3 is 0 Å². The molecule has 10 heavy (non-hydrogen) atoms. The van der Waals surface area contributed by atoms with Gasteiger partial charge in [0.1, 0.15) is 0 Å². The van der Waals surface area contributed by atoms with Crippen LogP contribution in [0.4, 0.5) is 0 Å². The van der Waals surface area contributed by atoms with E-state index in [0.29, 0.717) is 6.04 Å². The second kappa shape index (κ2) is 3.35. The van der Waals surface area contributed by atoms with E-state index in [-0.39, 0.29) is 0 Å². The van der Waals surface area contributed by atoms with Gasteiger partial charge in [0.15, 0.2) is 0 Å². The molecule has 0 aromatic carbocycles. The number of hydrogen-bond donors (Lipinski definition) is 2. The Morgan fingerprint density at radius 2 is 1.80 bits per heavy atom. The highest BCUT2D eigenvalue weighted by molar-refractivity contribution is 4.89. The smallest absolute Gasteiger partial charge is 0.00990 e. The second-order valence-electron chi connectivity index (χ2n) is 3.48. The molecule has 0 bridgehead atoms. The molecular weight excluding hydrogens is 124 g/mol. The molecule has 0 amide bonds. The zero-order chi connectivity index (χ0) is 7.56. The van der Waals surface area contributed by atoms with Crippen molar-refractivity contribution in [1.29, 1.82) is 0 Å². The highest BCUT2D eigenvalue weighted by Gasteiger charge is 2.27. The molecule has 2 nitrogen and oxygen atoms in total. The number of hydrogen-bond acceptors (Lipinski definition) is 2. The van der Waals surface area contributed by atoms with Crippen LogP contribution in [0.1, 0.15) is 26.7 Å². The van der Waals surface area contributed by atoms with Crippen LogP contribution >= 0.6 is 0 Å². The first-order chi connectivity index (χ1) is 4.72. The van der Waals surface area contributed by atoms with E-state index in [9.17, 15) is 0 Å². The van der Waals surface area contributed by atoms with E-state index >= 15 is 0 Å². The molecule has 60 valence electrons. The van der Waals surface area contributed by atoms with E-state index < -0.39 is 0 Å². The van der Waals surface area contributed by atoms with Crippen molar-refractivity contribution in [1.82, 2.24) is 10.6 Å². The van der Waals surface area contributed by atoms with Crippen molar-refractivity contribution in [3.63, 3.8) is 0 Å². The molecule has 0 saturated heterocycles. The highest BCUT2D eigenvalue weighted by Crippen LogP contribution is 2.19. The summed E-state index contributed by atoms with van der Waals surface area (Å²) in [5.74, 6) is 0. The fraction of sp³-hybridized carbons (Fsp3) is 1.00. The van der Waals surface area contributed by atoms with Crippen molar-refractivity contribution in [3.05, 3.63) is 0 Å². The van der Waals surface area contributed by atoms with Gasteiger partial charge < -0.3 is 10.6 Å². The lowest BCUT2D eigenvalue weighted by atomic mass is 9.86. The minimum atomic E-state index is 0.641. The topological polar surface area (TPSA) is 24.1 Å². The van der Waals surface area contributed by atoms with E-state index in [0.717, 1.165) is 12.1 Å². The molecule has 1 aliphatic carbocycles. The Labute approximate surface area is 63.4 Å². The Morgan fingerprint density at radius 3 is 2.20 bits per heavy atom. The van der Waals surface area contributed by atoms with Crippen LogP contribution in [0.15, 0.2) is 0 Å². The van der Waals surface area contributed by atoms with E-state index in [1.165, 1.54) is 12.8 Å². The quantitative estimate of drug-likeness (QED) is 0.607. The van der Waals surface area contributed by atoms with Crippen LogP contribution in [0.25, 0.3) is 0 Å². The molecule has 0 spiro atoms. The second-order valence-corrected chi connectivity index (χ2v) is 3.48. The summed E-state index contributed by atoms with van der Waals surface area (Å²) in [5, 5.41) is 6.77. The predicted molar refractivity (Wildman–Crippen MR) is 44.1 cm³/mol. The Kier molecular flexibility index (Phi) is 2.69. The van der Waals surface area contributed by atoms with Gasteiger partial charge in [0, 0.05) is 18.1 Å². The van der Waals surface area contributed by atoms with Gasteiger partial charge in [-0.1, -0.05) is 13.8 Å². The van der Waals surface area contributed by atoms with E-state index in [4.69, 9.17) is 0 Å². The fourth-order valence-electron chi connectivity index (χ4n) is 1.46. The van der Waals surface area contributed by atoms with Gasteiger partial charge in [-0.05, 0) is 19.9 Å². The SMILES string of the molecule is CN[C@H]1C[C@@H](NC(C)C)C1. The summed E-state index contributed by atoms with van der Waals surface area (Å²) in [6.45, 7) is 4.40. The molecular formula is C8H18N2. The zero-order valence-electron chi connectivity index (χ0n) is 7.15. The van der Waals surface area contributed by atoms with Crippen LogP contribution in [-0.4, -0.2) is 25.2 Å². The van der Waals surface area contributed by atoms with Crippen molar-refractivity contribution in [2.45, 2.75) is 44.8 Å². The van der Waals surface area contributed by atoms with E-state index in [1.54, 1.807) is 0 Å². The molecule has 0 atom stereocenters. The maximum absolute atomic E-state index is 3.50. The lowest BCUT2D eigenvalue weighted by Gasteiger charge is -2.36. The van der Waals surface area contributed by atoms with Gasteiger partial charge in [0.05, 0.1) is 0 Å². The van der Waals surface area contributed by atoms with Crippen LogP contribution in [0.2, 0.25) is 0 Å². The lowest BCUT2D eigenvalue weighted by molar-refractivity contribution is 0.247. The Hall–Kier alpha value is -0.0800. The molecule has 0 aromatic rings. The minimum absolute atomic E-state index is 0.641. The zero-order valence-corrected chi connectivity index (χ0v) is 7.15. The first kappa shape index (κ1) is 8.02. The van der Waals surface area contributed by atoms with Gasteiger partial charge in [-0.2, -0.15) is 0 Å². The molecule has 0 heterocycles. The molecule has 2 heteroatoms. The summed E-state index contributed by atoms with van der Waals surface area (Å²) in [4.78, 5) is 0. The molecule has 1 rings (SSSR count). The number of rotatable bonds is 3. The average molecular weight is 142 g/mol. The van der Waals surface area contributed by atoms with Crippen LogP contribution in [0.3, 0.4) is 0 Å². The van der Waals surface area contributed by atoms with Crippen molar-refractivity contribution in [2.75, 3.05) is 7.05 Å². The summed E-state index contributed by atoms with van der Waals surface area (Å²) in [7, 11) is 2.04. The Bertz CT molecular complexity index is 95.4. The molecule has 1 fully saturated rings. The first-order valence-corrected chi connectivity index (χ1v) is 4.15. The van der Waals surface area contributed by atoms with Gasteiger partial charge in [-0.3, -0.25) is 0 Å². The predicted octanol–water partition coefficient (Wildman–Crippen LogP) is 0.735. The van der Waals surface area contributed by atoms with Gasteiger partial charge in [0.25, 0.3) is 0 Å². The monoisotopic (exact) mass is 142 g/mol. The molecule has 0 unspecified atom stereocenters. The minimum Gasteiger partial charge on any atom is -0.317 e. The van der Waals surface area contributed by atoms with Crippen molar-refractivity contribution in [3.8, 4) is 0 Å². The van der Waals surface area contributed by atoms with Crippen LogP contribution in [-0.2, 0) is 0 Å². The lowest BCUT2D eigenvalue weighted by Crippen LogP contribution is -2.51. The Morgan fingerprint density at radius 1 is 1.20 bits per heavy atom. The maximum Gasteiger partial charge on any atom is 0.00990 e. The first-order valence-electron chi connectivity index (χ1n) is 4.15.